The van der Waals surface area contributed by atoms with E-state index >= 15 is 0 Å². The Morgan fingerprint density at radius 3 is 2.16 bits per heavy atom. The zero-order chi connectivity index (χ0) is 13.1. The molecule has 2 heteroatoms. The Bertz CT molecular complexity index is 654. The summed E-state index contributed by atoms with van der Waals surface area (Å²) in [7, 11) is 0. The van der Waals surface area contributed by atoms with E-state index in [0.29, 0.717) is 0 Å². The summed E-state index contributed by atoms with van der Waals surface area (Å²) < 4.78 is 0. The SMILES string of the molecule is CSc1ccc(-c2ccccc2-c2ccc[nH]2)cc1. The van der Waals surface area contributed by atoms with Crippen LogP contribution in [0.2, 0.25) is 0 Å². The van der Waals surface area contributed by atoms with Crippen molar-refractivity contribution in [3.8, 4) is 22.4 Å². The molecular formula is C17H15NS. The van der Waals surface area contributed by atoms with Crippen LogP contribution in [0.1, 0.15) is 0 Å². The molecule has 0 bridgehead atoms. The van der Waals surface area contributed by atoms with E-state index in [4.69, 9.17) is 0 Å². The monoisotopic (exact) mass is 265 g/mol. The number of hydrogen-bond donors (Lipinski definition) is 1. The van der Waals surface area contributed by atoms with E-state index in [1.807, 2.05) is 12.3 Å². The van der Waals surface area contributed by atoms with Gasteiger partial charge in [0.1, 0.15) is 0 Å². The Morgan fingerprint density at radius 1 is 0.789 bits per heavy atom. The van der Waals surface area contributed by atoms with E-state index in [1.165, 1.54) is 21.6 Å². The van der Waals surface area contributed by atoms with Crippen LogP contribution in [-0.2, 0) is 0 Å². The first-order chi connectivity index (χ1) is 9.38. The van der Waals surface area contributed by atoms with Crippen molar-refractivity contribution in [1.82, 2.24) is 4.98 Å². The fourth-order valence-corrected chi connectivity index (χ4v) is 2.65. The van der Waals surface area contributed by atoms with E-state index in [-0.39, 0.29) is 0 Å². The highest BCUT2D eigenvalue weighted by atomic mass is 32.2. The van der Waals surface area contributed by atoms with Crippen molar-refractivity contribution in [1.29, 1.82) is 0 Å². The summed E-state index contributed by atoms with van der Waals surface area (Å²) in [6.07, 6.45) is 4.06. The van der Waals surface area contributed by atoms with Crippen LogP contribution < -0.4 is 0 Å². The van der Waals surface area contributed by atoms with Crippen molar-refractivity contribution < 1.29 is 0 Å². The molecule has 1 nitrogen and oxygen atoms in total. The zero-order valence-corrected chi connectivity index (χ0v) is 11.6. The molecule has 1 N–H and O–H groups in total. The van der Waals surface area contributed by atoms with E-state index in [1.54, 1.807) is 11.8 Å². The van der Waals surface area contributed by atoms with Gasteiger partial charge >= 0.3 is 0 Å². The van der Waals surface area contributed by atoms with Crippen molar-refractivity contribution >= 4 is 11.8 Å². The third kappa shape index (κ3) is 2.45. The van der Waals surface area contributed by atoms with E-state index in [9.17, 15) is 0 Å². The minimum Gasteiger partial charge on any atom is -0.361 e. The molecule has 94 valence electrons. The molecule has 1 aromatic heterocycles. The van der Waals surface area contributed by atoms with Crippen molar-refractivity contribution in [2.75, 3.05) is 6.26 Å². The second-order valence-electron chi connectivity index (χ2n) is 4.36. The van der Waals surface area contributed by atoms with Crippen LogP contribution in [0.15, 0.2) is 71.8 Å². The van der Waals surface area contributed by atoms with Crippen molar-refractivity contribution in [2.24, 2.45) is 0 Å². The van der Waals surface area contributed by atoms with Crippen LogP contribution in [0.5, 0.6) is 0 Å². The van der Waals surface area contributed by atoms with Gasteiger partial charge in [-0.1, -0.05) is 36.4 Å². The van der Waals surface area contributed by atoms with Gasteiger partial charge in [0.05, 0.1) is 0 Å². The molecule has 0 radical (unpaired) electrons. The van der Waals surface area contributed by atoms with E-state index in [0.717, 1.165) is 5.69 Å². The molecule has 0 aliphatic heterocycles. The molecule has 0 spiro atoms. The minimum atomic E-state index is 1.16. The predicted octanol–water partition coefficient (Wildman–Crippen LogP) is 5.07. The van der Waals surface area contributed by atoms with E-state index in [2.05, 4.69) is 65.8 Å². The molecule has 0 unspecified atom stereocenters. The molecule has 2 aromatic carbocycles. The molecule has 0 saturated carbocycles. The smallest absolute Gasteiger partial charge is 0.0460 e. The van der Waals surface area contributed by atoms with Crippen LogP contribution in [-0.4, -0.2) is 11.2 Å². The van der Waals surface area contributed by atoms with Crippen LogP contribution in [0.3, 0.4) is 0 Å². The molecule has 19 heavy (non-hydrogen) atoms. The summed E-state index contributed by atoms with van der Waals surface area (Å²) in [4.78, 5) is 4.57. The molecule has 3 aromatic rings. The first-order valence-electron chi connectivity index (χ1n) is 6.26. The zero-order valence-electron chi connectivity index (χ0n) is 10.8. The Kier molecular flexibility index (Phi) is 3.43. The van der Waals surface area contributed by atoms with Crippen LogP contribution in [0.4, 0.5) is 0 Å². The predicted molar refractivity (Wildman–Crippen MR) is 83.4 cm³/mol. The van der Waals surface area contributed by atoms with Gasteiger partial charge in [-0.25, -0.2) is 0 Å². The average Bonchev–Trinajstić information content (AvgIpc) is 3.01. The number of hydrogen-bond acceptors (Lipinski definition) is 1. The van der Waals surface area contributed by atoms with Gasteiger partial charge in [-0.2, -0.15) is 0 Å². The van der Waals surface area contributed by atoms with E-state index < -0.39 is 0 Å². The number of aromatic nitrogens is 1. The largest absolute Gasteiger partial charge is 0.361 e. The van der Waals surface area contributed by atoms with Gasteiger partial charge in [0, 0.05) is 22.3 Å². The quantitative estimate of drug-likeness (QED) is 0.654. The van der Waals surface area contributed by atoms with Crippen molar-refractivity contribution in [3.63, 3.8) is 0 Å². The molecule has 0 fully saturated rings. The lowest BCUT2D eigenvalue weighted by Gasteiger charge is -2.09. The maximum absolute atomic E-state index is 3.28. The Morgan fingerprint density at radius 2 is 1.53 bits per heavy atom. The van der Waals surface area contributed by atoms with Crippen molar-refractivity contribution in [3.05, 3.63) is 66.9 Å². The van der Waals surface area contributed by atoms with Gasteiger partial charge in [-0.3, -0.25) is 0 Å². The van der Waals surface area contributed by atoms with Gasteiger partial charge in [0.25, 0.3) is 0 Å². The molecule has 0 amide bonds. The summed E-state index contributed by atoms with van der Waals surface area (Å²) in [6.45, 7) is 0. The molecular weight excluding hydrogens is 250 g/mol. The highest BCUT2D eigenvalue weighted by Crippen LogP contribution is 2.31. The average molecular weight is 265 g/mol. The summed E-state index contributed by atoms with van der Waals surface area (Å²) in [5.74, 6) is 0. The highest BCUT2D eigenvalue weighted by Gasteiger charge is 2.06. The van der Waals surface area contributed by atoms with Gasteiger partial charge < -0.3 is 4.98 Å². The minimum absolute atomic E-state index is 1.16. The lowest BCUT2D eigenvalue weighted by molar-refractivity contribution is 1.40. The van der Waals surface area contributed by atoms with Gasteiger partial charge in [0.15, 0.2) is 0 Å². The molecule has 1 heterocycles. The number of rotatable bonds is 3. The van der Waals surface area contributed by atoms with Gasteiger partial charge in [0.2, 0.25) is 0 Å². The highest BCUT2D eigenvalue weighted by molar-refractivity contribution is 7.98. The summed E-state index contributed by atoms with van der Waals surface area (Å²) in [5, 5.41) is 0. The fourth-order valence-electron chi connectivity index (χ4n) is 2.24. The second kappa shape index (κ2) is 5.37. The first-order valence-corrected chi connectivity index (χ1v) is 7.48. The maximum Gasteiger partial charge on any atom is 0.0460 e. The first kappa shape index (κ1) is 12.1. The lowest BCUT2D eigenvalue weighted by atomic mass is 9.98. The Balaban J connectivity index is 2.09. The number of nitrogens with one attached hydrogen (secondary N) is 1. The molecule has 0 saturated heterocycles. The van der Waals surface area contributed by atoms with Crippen LogP contribution in [0, 0.1) is 0 Å². The summed E-state index contributed by atoms with van der Waals surface area (Å²) >= 11 is 1.77. The normalized spacial score (nSPS) is 10.6. The second-order valence-corrected chi connectivity index (χ2v) is 5.24. The summed E-state index contributed by atoms with van der Waals surface area (Å²) in [5.41, 5.74) is 4.91. The van der Waals surface area contributed by atoms with Crippen LogP contribution >= 0.6 is 11.8 Å². The number of aromatic amines is 1. The van der Waals surface area contributed by atoms with Gasteiger partial charge in [-0.15, -0.1) is 11.8 Å². The summed E-state index contributed by atoms with van der Waals surface area (Å²) in [6, 6.07) is 21.4. The standard InChI is InChI=1S/C17H15NS/c1-19-14-10-8-13(9-11-14)15-5-2-3-6-16(15)17-7-4-12-18-17/h2-12,18H,1H3. The maximum atomic E-state index is 3.28. The third-order valence-corrected chi connectivity index (χ3v) is 3.96. The fraction of sp³-hybridized carbons (Fsp3) is 0.0588. The lowest BCUT2D eigenvalue weighted by Crippen LogP contribution is -1.84. The number of benzene rings is 2. The molecule has 0 aliphatic carbocycles. The third-order valence-electron chi connectivity index (χ3n) is 3.22. The Labute approximate surface area is 117 Å². The molecule has 0 atom stereocenters. The van der Waals surface area contributed by atoms with Gasteiger partial charge in [-0.05, 0) is 41.6 Å². The molecule has 3 rings (SSSR count). The van der Waals surface area contributed by atoms with Crippen LogP contribution in [0.25, 0.3) is 22.4 Å². The van der Waals surface area contributed by atoms with Crippen molar-refractivity contribution in [2.45, 2.75) is 4.90 Å². The topological polar surface area (TPSA) is 15.8 Å². The number of thioether (sulfide) groups is 1. The number of H-pyrrole nitrogens is 1. The Hall–Kier alpha value is -1.93. The molecule has 0 aliphatic rings.